The van der Waals surface area contributed by atoms with Crippen LogP contribution in [0.15, 0.2) is 66.7 Å². The maximum Gasteiger partial charge on any atom is 0.119 e. The van der Waals surface area contributed by atoms with Gasteiger partial charge in [-0.25, -0.2) is 0 Å². The van der Waals surface area contributed by atoms with E-state index >= 15 is 0 Å². The molecular formula is C27H31NO3. The van der Waals surface area contributed by atoms with E-state index in [1.165, 1.54) is 5.56 Å². The van der Waals surface area contributed by atoms with Crippen molar-refractivity contribution in [1.82, 2.24) is 4.90 Å². The molecule has 4 nitrogen and oxygen atoms in total. The average molecular weight is 418 g/mol. The minimum absolute atomic E-state index is 0.0916. The SMILES string of the molecule is COc1ccc(-c2ccc3c(c2)CCC(CN(C)C)C3(O)c2cccc(OC)c2)cc1. The van der Waals surface area contributed by atoms with E-state index in [1.807, 2.05) is 36.4 Å². The Hall–Kier alpha value is -2.82. The number of rotatable bonds is 6. The van der Waals surface area contributed by atoms with Crippen LogP contribution < -0.4 is 9.47 Å². The third-order valence-corrected chi connectivity index (χ3v) is 6.39. The van der Waals surface area contributed by atoms with Crippen LogP contribution in [0.4, 0.5) is 0 Å². The average Bonchev–Trinajstić information content (AvgIpc) is 2.80. The molecule has 0 fully saturated rings. The van der Waals surface area contributed by atoms with Crippen LogP contribution in [0.2, 0.25) is 0 Å². The molecule has 0 saturated heterocycles. The van der Waals surface area contributed by atoms with E-state index in [2.05, 4.69) is 49.3 Å². The van der Waals surface area contributed by atoms with Crippen molar-refractivity contribution >= 4 is 0 Å². The van der Waals surface area contributed by atoms with Crippen molar-refractivity contribution in [3.8, 4) is 22.6 Å². The molecule has 0 saturated carbocycles. The van der Waals surface area contributed by atoms with Crippen molar-refractivity contribution in [2.24, 2.45) is 5.92 Å². The second kappa shape index (κ2) is 8.74. The third kappa shape index (κ3) is 4.06. The maximum atomic E-state index is 12.3. The third-order valence-electron chi connectivity index (χ3n) is 6.39. The minimum atomic E-state index is -1.06. The van der Waals surface area contributed by atoms with Gasteiger partial charge in [-0.3, -0.25) is 0 Å². The Balaban J connectivity index is 1.80. The lowest BCUT2D eigenvalue weighted by Crippen LogP contribution is -2.45. The smallest absolute Gasteiger partial charge is 0.119 e. The second-order valence-electron chi connectivity index (χ2n) is 8.60. The molecule has 0 aliphatic heterocycles. The van der Waals surface area contributed by atoms with Crippen LogP contribution >= 0.6 is 0 Å². The number of aryl methyl sites for hydroxylation is 1. The van der Waals surface area contributed by atoms with Gasteiger partial charge in [0, 0.05) is 12.5 Å². The molecule has 0 bridgehead atoms. The van der Waals surface area contributed by atoms with Gasteiger partial charge >= 0.3 is 0 Å². The van der Waals surface area contributed by atoms with E-state index in [1.54, 1.807) is 14.2 Å². The Morgan fingerprint density at radius 3 is 2.29 bits per heavy atom. The number of methoxy groups -OCH3 is 2. The molecule has 2 atom stereocenters. The summed E-state index contributed by atoms with van der Waals surface area (Å²) < 4.78 is 10.7. The van der Waals surface area contributed by atoms with Crippen LogP contribution in [-0.2, 0) is 12.0 Å². The molecule has 162 valence electrons. The van der Waals surface area contributed by atoms with E-state index in [4.69, 9.17) is 9.47 Å². The van der Waals surface area contributed by atoms with E-state index in [-0.39, 0.29) is 5.92 Å². The molecule has 1 N–H and O–H groups in total. The number of benzene rings is 3. The van der Waals surface area contributed by atoms with Crippen LogP contribution in [-0.4, -0.2) is 44.9 Å². The van der Waals surface area contributed by atoms with Gasteiger partial charge in [0.05, 0.1) is 14.2 Å². The van der Waals surface area contributed by atoms with Crippen LogP contribution in [0.5, 0.6) is 11.5 Å². The first kappa shape index (κ1) is 21.4. The number of hydrogen-bond donors (Lipinski definition) is 1. The van der Waals surface area contributed by atoms with Crippen LogP contribution in [0.1, 0.15) is 23.1 Å². The van der Waals surface area contributed by atoms with Gasteiger partial charge in [-0.1, -0.05) is 42.5 Å². The zero-order valence-electron chi connectivity index (χ0n) is 18.8. The highest BCUT2D eigenvalue weighted by molar-refractivity contribution is 5.66. The summed E-state index contributed by atoms with van der Waals surface area (Å²) in [5.74, 6) is 1.70. The zero-order valence-corrected chi connectivity index (χ0v) is 18.8. The summed E-state index contributed by atoms with van der Waals surface area (Å²) >= 11 is 0. The van der Waals surface area contributed by atoms with Crippen molar-refractivity contribution in [2.45, 2.75) is 18.4 Å². The highest BCUT2D eigenvalue weighted by Gasteiger charge is 2.44. The monoisotopic (exact) mass is 417 g/mol. The fourth-order valence-corrected chi connectivity index (χ4v) is 4.81. The molecule has 4 heteroatoms. The fraction of sp³-hybridized carbons (Fsp3) is 0.333. The molecule has 0 radical (unpaired) electrons. The summed E-state index contributed by atoms with van der Waals surface area (Å²) in [5.41, 5.74) is 4.32. The normalized spacial score (nSPS) is 20.4. The van der Waals surface area contributed by atoms with Crippen LogP contribution in [0.3, 0.4) is 0 Å². The van der Waals surface area contributed by atoms with Gasteiger partial charge in [0.1, 0.15) is 17.1 Å². The molecule has 0 heterocycles. The first-order valence-corrected chi connectivity index (χ1v) is 10.7. The maximum absolute atomic E-state index is 12.3. The van der Waals surface area contributed by atoms with E-state index in [9.17, 15) is 5.11 Å². The lowest BCUT2D eigenvalue weighted by molar-refractivity contribution is -0.00649. The standard InChI is InChI=1S/C27H31NO3/c1-28(2)18-23-12-8-21-16-20(19-9-13-24(30-3)14-10-19)11-15-26(21)27(23,29)22-6-5-7-25(17-22)31-4/h5-7,9-11,13-17,23,29H,8,12,18H2,1-4H3. The van der Waals surface area contributed by atoms with E-state index in [0.717, 1.165) is 53.1 Å². The van der Waals surface area contributed by atoms with E-state index in [0.29, 0.717) is 0 Å². The minimum Gasteiger partial charge on any atom is -0.497 e. The molecule has 2 unspecified atom stereocenters. The molecule has 3 aromatic rings. The molecule has 0 aromatic heterocycles. The molecular weight excluding hydrogens is 386 g/mol. The molecule has 0 amide bonds. The zero-order chi connectivity index (χ0) is 22.0. The molecule has 1 aliphatic carbocycles. The Morgan fingerprint density at radius 1 is 0.903 bits per heavy atom. The largest absolute Gasteiger partial charge is 0.497 e. The number of ether oxygens (including phenoxy) is 2. The summed E-state index contributed by atoms with van der Waals surface area (Å²) in [4.78, 5) is 2.16. The summed E-state index contributed by atoms with van der Waals surface area (Å²) in [5, 5.41) is 12.3. The topological polar surface area (TPSA) is 41.9 Å². The van der Waals surface area contributed by atoms with Crippen molar-refractivity contribution in [3.63, 3.8) is 0 Å². The fourth-order valence-electron chi connectivity index (χ4n) is 4.81. The Labute approximate surface area is 185 Å². The van der Waals surface area contributed by atoms with Crippen molar-refractivity contribution < 1.29 is 14.6 Å². The molecule has 1 aliphatic rings. The lowest BCUT2D eigenvalue weighted by Gasteiger charge is -2.43. The summed E-state index contributed by atoms with van der Waals surface area (Å²) in [6.07, 6.45) is 1.87. The van der Waals surface area contributed by atoms with Crippen molar-refractivity contribution in [1.29, 1.82) is 0 Å². The molecule has 0 spiro atoms. The summed E-state index contributed by atoms with van der Waals surface area (Å²) in [6.45, 7) is 0.813. The number of hydrogen-bond acceptors (Lipinski definition) is 4. The number of aliphatic hydroxyl groups is 1. The van der Waals surface area contributed by atoms with Crippen molar-refractivity contribution in [3.05, 3.63) is 83.4 Å². The predicted octanol–water partition coefficient (Wildman–Crippen LogP) is 4.73. The summed E-state index contributed by atoms with van der Waals surface area (Å²) in [7, 11) is 7.47. The number of nitrogens with zero attached hydrogens (tertiary/aromatic N) is 1. The first-order valence-electron chi connectivity index (χ1n) is 10.7. The number of fused-ring (bicyclic) bond motifs is 1. The highest BCUT2D eigenvalue weighted by atomic mass is 16.5. The van der Waals surface area contributed by atoms with Gasteiger partial charge < -0.3 is 19.5 Å². The molecule has 4 rings (SSSR count). The molecule has 3 aromatic carbocycles. The predicted molar refractivity (Wildman–Crippen MR) is 125 cm³/mol. The van der Waals surface area contributed by atoms with Gasteiger partial charge in [0.2, 0.25) is 0 Å². The van der Waals surface area contributed by atoms with Gasteiger partial charge in [-0.2, -0.15) is 0 Å². The van der Waals surface area contributed by atoms with Crippen LogP contribution in [0.25, 0.3) is 11.1 Å². The van der Waals surface area contributed by atoms with Crippen LogP contribution in [0, 0.1) is 5.92 Å². The van der Waals surface area contributed by atoms with E-state index < -0.39 is 5.60 Å². The first-order chi connectivity index (χ1) is 15.0. The van der Waals surface area contributed by atoms with Gasteiger partial charge in [-0.05, 0) is 79.0 Å². The van der Waals surface area contributed by atoms with Gasteiger partial charge in [-0.15, -0.1) is 0 Å². The second-order valence-corrected chi connectivity index (χ2v) is 8.60. The molecule has 31 heavy (non-hydrogen) atoms. The Bertz CT molecular complexity index is 1040. The Morgan fingerprint density at radius 2 is 1.61 bits per heavy atom. The van der Waals surface area contributed by atoms with Crippen molar-refractivity contribution in [2.75, 3.05) is 34.9 Å². The Kier molecular flexibility index (Phi) is 6.03. The quantitative estimate of drug-likeness (QED) is 0.630. The van der Waals surface area contributed by atoms with Gasteiger partial charge in [0.25, 0.3) is 0 Å². The summed E-state index contributed by atoms with van der Waals surface area (Å²) in [6, 6.07) is 22.4. The lowest BCUT2D eigenvalue weighted by atomic mass is 9.67. The van der Waals surface area contributed by atoms with Gasteiger partial charge in [0.15, 0.2) is 0 Å². The highest BCUT2D eigenvalue weighted by Crippen LogP contribution is 2.46.